The molecule has 11 heavy (non-hydrogen) atoms. The van der Waals surface area contributed by atoms with Crippen LogP contribution in [0, 0.1) is 0 Å². The van der Waals surface area contributed by atoms with Crippen molar-refractivity contribution in [3.8, 4) is 0 Å². The van der Waals surface area contributed by atoms with Crippen molar-refractivity contribution in [2.24, 2.45) is 0 Å². The average Bonchev–Trinajstić information content (AvgIpc) is 2.05. The maximum absolute atomic E-state index is 8.36. The third-order valence-electron chi connectivity index (χ3n) is 1.11. The molecule has 0 aromatic rings. The van der Waals surface area contributed by atoms with Crippen LogP contribution in [0.5, 0.6) is 0 Å². The van der Waals surface area contributed by atoms with Crippen LogP contribution in [0.3, 0.4) is 0 Å². The molecule has 0 aliphatic carbocycles. The van der Waals surface area contributed by atoms with E-state index in [1.165, 1.54) is 21.3 Å². The van der Waals surface area contributed by atoms with E-state index in [4.69, 9.17) is 24.1 Å². The number of rotatable bonds is 3. The molecule has 0 aromatic carbocycles. The molecule has 5 heteroatoms. The zero-order valence-corrected chi connectivity index (χ0v) is 7.16. The lowest BCUT2D eigenvalue weighted by Gasteiger charge is -2.23. The predicted octanol–water partition coefficient (Wildman–Crippen LogP) is 0.300. The Hall–Kier alpha value is -0.650. The SMILES string of the molecule is COC(C)(OC)OC.O=CO. The molecule has 0 amide bonds. The van der Waals surface area contributed by atoms with E-state index in [0.717, 1.165) is 0 Å². The fraction of sp³-hybridized carbons (Fsp3) is 0.833. The van der Waals surface area contributed by atoms with Crippen LogP contribution in [-0.2, 0) is 19.0 Å². The first-order valence-electron chi connectivity index (χ1n) is 2.83. The molecule has 0 fully saturated rings. The van der Waals surface area contributed by atoms with Crippen molar-refractivity contribution in [3.05, 3.63) is 0 Å². The Bertz CT molecular complexity index is 80.7. The topological polar surface area (TPSA) is 65.0 Å². The van der Waals surface area contributed by atoms with Crippen LogP contribution in [-0.4, -0.2) is 38.9 Å². The molecule has 0 aromatic heterocycles. The molecule has 0 spiro atoms. The summed E-state index contributed by atoms with van der Waals surface area (Å²) in [6, 6.07) is 0. The summed E-state index contributed by atoms with van der Waals surface area (Å²) in [5.41, 5.74) is 0. The van der Waals surface area contributed by atoms with Crippen molar-refractivity contribution < 1.29 is 24.1 Å². The molecule has 0 saturated carbocycles. The summed E-state index contributed by atoms with van der Waals surface area (Å²) in [5, 5.41) is 6.89. The Balaban J connectivity index is 0. The third kappa shape index (κ3) is 7.24. The van der Waals surface area contributed by atoms with Crippen LogP contribution in [0.4, 0.5) is 0 Å². The molecule has 68 valence electrons. The largest absolute Gasteiger partial charge is 0.483 e. The van der Waals surface area contributed by atoms with E-state index in [-0.39, 0.29) is 6.47 Å². The minimum atomic E-state index is -0.875. The molecule has 0 unspecified atom stereocenters. The van der Waals surface area contributed by atoms with Crippen molar-refractivity contribution in [2.45, 2.75) is 12.9 Å². The van der Waals surface area contributed by atoms with Crippen LogP contribution < -0.4 is 0 Å². The highest BCUT2D eigenvalue weighted by atomic mass is 16.9. The fourth-order valence-corrected chi connectivity index (χ4v) is 0.250. The lowest BCUT2D eigenvalue weighted by Crippen LogP contribution is -2.31. The zero-order chi connectivity index (χ0) is 9.33. The first kappa shape index (κ1) is 13.0. The number of ether oxygens (including phenoxy) is 3. The van der Waals surface area contributed by atoms with E-state index in [0.29, 0.717) is 0 Å². The predicted molar refractivity (Wildman–Crippen MR) is 38.1 cm³/mol. The van der Waals surface area contributed by atoms with E-state index in [1.54, 1.807) is 6.92 Å². The van der Waals surface area contributed by atoms with Gasteiger partial charge in [-0.2, -0.15) is 0 Å². The summed E-state index contributed by atoms with van der Waals surface area (Å²) < 4.78 is 14.4. The normalized spacial score (nSPS) is 9.82. The number of carbonyl (C=O) groups is 1. The standard InChI is InChI=1S/C5H12O3.CH2O2/c1-5(6-2,7-3)8-4;2-1-3/h1-4H3;1H,(H,2,3). The van der Waals surface area contributed by atoms with Crippen LogP contribution in [0.1, 0.15) is 6.92 Å². The van der Waals surface area contributed by atoms with Crippen molar-refractivity contribution >= 4 is 6.47 Å². The van der Waals surface area contributed by atoms with Crippen molar-refractivity contribution in [1.29, 1.82) is 0 Å². The first-order chi connectivity index (χ1) is 5.10. The Morgan fingerprint density at radius 2 is 1.36 bits per heavy atom. The maximum atomic E-state index is 8.36. The van der Waals surface area contributed by atoms with E-state index >= 15 is 0 Å². The van der Waals surface area contributed by atoms with Gasteiger partial charge in [0.25, 0.3) is 12.4 Å². The highest BCUT2D eigenvalue weighted by Gasteiger charge is 2.20. The minimum Gasteiger partial charge on any atom is -0.483 e. The third-order valence-corrected chi connectivity index (χ3v) is 1.11. The smallest absolute Gasteiger partial charge is 0.290 e. The van der Waals surface area contributed by atoms with Gasteiger partial charge in [-0.25, -0.2) is 0 Å². The van der Waals surface area contributed by atoms with Crippen LogP contribution in [0.25, 0.3) is 0 Å². The van der Waals surface area contributed by atoms with Gasteiger partial charge in [0.05, 0.1) is 0 Å². The van der Waals surface area contributed by atoms with Crippen molar-refractivity contribution in [2.75, 3.05) is 21.3 Å². The Kier molecular flexibility index (Phi) is 8.80. The van der Waals surface area contributed by atoms with Gasteiger partial charge in [0, 0.05) is 28.3 Å². The molecule has 1 N–H and O–H groups in total. The summed E-state index contributed by atoms with van der Waals surface area (Å²) in [6.07, 6.45) is 0. The van der Waals surface area contributed by atoms with Gasteiger partial charge in [-0.1, -0.05) is 0 Å². The fourth-order valence-electron chi connectivity index (χ4n) is 0.250. The molecule has 0 bridgehead atoms. The molecule has 0 atom stereocenters. The maximum Gasteiger partial charge on any atom is 0.290 e. The number of carboxylic acid groups (broad SMARTS) is 1. The average molecular weight is 166 g/mol. The molecule has 5 nitrogen and oxygen atoms in total. The monoisotopic (exact) mass is 166 g/mol. The molecule has 0 radical (unpaired) electrons. The van der Waals surface area contributed by atoms with Crippen molar-refractivity contribution in [1.82, 2.24) is 0 Å². The Morgan fingerprint density at radius 3 is 1.36 bits per heavy atom. The van der Waals surface area contributed by atoms with Gasteiger partial charge in [0.15, 0.2) is 0 Å². The second-order valence-corrected chi connectivity index (χ2v) is 1.58. The molecule has 0 aliphatic heterocycles. The molecular formula is C6H14O5. The van der Waals surface area contributed by atoms with Gasteiger partial charge in [-0.15, -0.1) is 0 Å². The Morgan fingerprint density at radius 1 is 1.18 bits per heavy atom. The second-order valence-electron chi connectivity index (χ2n) is 1.58. The highest BCUT2D eigenvalue weighted by Crippen LogP contribution is 2.08. The van der Waals surface area contributed by atoms with E-state index in [2.05, 4.69) is 0 Å². The minimum absolute atomic E-state index is 0.250. The van der Waals surface area contributed by atoms with Gasteiger partial charge in [0.1, 0.15) is 0 Å². The summed E-state index contributed by atoms with van der Waals surface area (Å²) in [5.74, 6) is -0.875. The van der Waals surface area contributed by atoms with Crippen LogP contribution in [0.15, 0.2) is 0 Å². The van der Waals surface area contributed by atoms with Gasteiger partial charge in [-0.05, 0) is 0 Å². The van der Waals surface area contributed by atoms with Crippen LogP contribution in [0.2, 0.25) is 0 Å². The summed E-state index contributed by atoms with van der Waals surface area (Å²) in [6.45, 7) is 1.44. The molecule has 0 heterocycles. The summed E-state index contributed by atoms with van der Waals surface area (Å²) in [7, 11) is 4.56. The molecule has 0 aliphatic rings. The number of hydrogen-bond donors (Lipinski definition) is 1. The van der Waals surface area contributed by atoms with E-state index < -0.39 is 5.97 Å². The lowest BCUT2D eigenvalue weighted by atomic mass is 10.6. The van der Waals surface area contributed by atoms with Gasteiger partial charge in [-0.3, -0.25) is 4.79 Å². The van der Waals surface area contributed by atoms with Gasteiger partial charge < -0.3 is 19.3 Å². The summed E-state index contributed by atoms with van der Waals surface area (Å²) in [4.78, 5) is 8.36. The first-order valence-corrected chi connectivity index (χ1v) is 2.83. The van der Waals surface area contributed by atoms with Gasteiger partial charge >= 0.3 is 0 Å². The Labute approximate surface area is 65.9 Å². The lowest BCUT2D eigenvalue weighted by molar-refractivity contribution is -0.340. The quantitative estimate of drug-likeness (QED) is 0.482. The zero-order valence-electron chi connectivity index (χ0n) is 7.16. The number of methoxy groups -OCH3 is 3. The van der Waals surface area contributed by atoms with Gasteiger partial charge in [0.2, 0.25) is 0 Å². The van der Waals surface area contributed by atoms with E-state index in [1.807, 2.05) is 0 Å². The highest BCUT2D eigenvalue weighted by molar-refractivity contribution is 5.32. The number of hydrogen-bond acceptors (Lipinski definition) is 4. The van der Waals surface area contributed by atoms with Crippen LogP contribution >= 0.6 is 0 Å². The molecule has 0 rings (SSSR count). The van der Waals surface area contributed by atoms with Crippen molar-refractivity contribution in [3.63, 3.8) is 0 Å². The van der Waals surface area contributed by atoms with E-state index in [9.17, 15) is 0 Å². The molecular weight excluding hydrogens is 152 g/mol. The second kappa shape index (κ2) is 7.46. The summed E-state index contributed by atoms with van der Waals surface area (Å²) >= 11 is 0. The molecule has 0 saturated heterocycles.